The van der Waals surface area contributed by atoms with Gasteiger partial charge in [-0.3, -0.25) is 0 Å². The summed E-state index contributed by atoms with van der Waals surface area (Å²) in [6.07, 6.45) is 2.04. The second-order valence-corrected chi connectivity index (χ2v) is 6.48. The SMILES string of the molecule is CSC1=NN=C(c2ccccc2)C(c2ccccc2)S1. The van der Waals surface area contributed by atoms with Crippen LogP contribution in [0.15, 0.2) is 70.9 Å². The van der Waals surface area contributed by atoms with Crippen LogP contribution in [0.1, 0.15) is 16.4 Å². The average molecular weight is 298 g/mol. The summed E-state index contributed by atoms with van der Waals surface area (Å²) in [6.45, 7) is 0. The zero-order valence-corrected chi connectivity index (χ0v) is 12.7. The lowest BCUT2D eigenvalue weighted by molar-refractivity contribution is 1.17. The molecule has 0 spiro atoms. The fourth-order valence-electron chi connectivity index (χ4n) is 2.09. The Hall–Kier alpha value is -1.52. The Morgan fingerprint density at radius 1 is 0.900 bits per heavy atom. The monoisotopic (exact) mass is 298 g/mol. The number of benzene rings is 2. The standard InChI is InChI=1S/C16H14N2S2/c1-19-16-18-17-14(12-8-4-2-5-9-12)15(20-16)13-10-6-3-7-11-13/h2-11,15H,1H3. The molecule has 20 heavy (non-hydrogen) atoms. The van der Waals surface area contributed by atoms with Crippen molar-refractivity contribution < 1.29 is 0 Å². The number of thioether (sulfide) groups is 2. The summed E-state index contributed by atoms with van der Waals surface area (Å²) >= 11 is 3.42. The molecule has 1 unspecified atom stereocenters. The van der Waals surface area contributed by atoms with Crippen LogP contribution in [-0.2, 0) is 0 Å². The molecule has 0 fully saturated rings. The van der Waals surface area contributed by atoms with Crippen molar-refractivity contribution >= 4 is 33.6 Å². The smallest absolute Gasteiger partial charge is 0.152 e. The van der Waals surface area contributed by atoms with Crippen molar-refractivity contribution in [2.75, 3.05) is 6.26 Å². The summed E-state index contributed by atoms with van der Waals surface area (Å²) in [4.78, 5) is 0. The van der Waals surface area contributed by atoms with E-state index in [0.29, 0.717) is 0 Å². The third kappa shape index (κ3) is 2.81. The third-order valence-electron chi connectivity index (χ3n) is 3.05. The van der Waals surface area contributed by atoms with E-state index >= 15 is 0 Å². The minimum Gasteiger partial charge on any atom is -0.152 e. The summed E-state index contributed by atoms with van der Waals surface area (Å²) in [5.41, 5.74) is 3.43. The lowest BCUT2D eigenvalue weighted by Crippen LogP contribution is -2.15. The van der Waals surface area contributed by atoms with Crippen molar-refractivity contribution in [1.82, 2.24) is 0 Å². The number of hydrogen-bond acceptors (Lipinski definition) is 4. The Kier molecular flexibility index (Phi) is 4.23. The van der Waals surface area contributed by atoms with Crippen molar-refractivity contribution in [2.24, 2.45) is 10.2 Å². The Morgan fingerprint density at radius 2 is 1.55 bits per heavy atom. The Balaban J connectivity index is 2.03. The van der Waals surface area contributed by atoms with E-state index in [0.717, 1.165) is 15.7 Å². The van der Waals surface area contributed by atoms with Crippen molar-refractivity contribution in [3.8, 4) is 0 Å². The van der Waals surface area contributed by atoms with E-state index in [-0.39, 0.29) is 5.25 Å². The van der Waals surface area contributed by atoms with E-state index in [1.54, 1.807) is 23.5 Å². The molecule has 0 N–H and O–H groups in total. The molecule has 100 valence electrons. The van der Waals surface area contributed by atoms with Gasteiger partial charge >= 0.3 is 0 Å². The molecule has 4 heteroatoms. The molecule has 0 saturated carbocycles. The molecule has 0 bridgehead atoms. The van der Waals surface area contributed by atoms with E-state index in [1.807, 2.05) is 30.5 Å². The molecule has 0 radical (unpaired) electrons. The first-order chi connectivity index (χ1) is 9.88. The van der Waals surface area contributed by atoms with E-state index in [9.17, 15) is 0 Å². The zero-order valence-electron chi connectivity index (χ0n) is 11.1. The largest absolute Gasteiger partial charge is 0.153 e. The van der Waals surface area contributed by atoms with Gasteiger partial charge in [-0.2, -0.15) is 5.10 Å². The first-order valence-corrected chi connectivity index (χ1v) is 8.45. The van der Waals surface area contributed by atoms with E-state index in [2.05, 4.69) is 46.6 Å². The maximum atomic E-state index is 4.47. The molecule has 2 aromatic rings. The topological polar surface area (TPSA) is 24.7 Å². The van der Waals surface area contributed by atoms with Gasteiger partial charge < -0.3 is 0 Å². The molecule has 0 aliphatic carbocycles. The van der Waals surface area contributed by atoms with Gasteiger partial charge in [-0.15, -0.1) is 16.9 Å². The fourth-order valence-corrected chi connectivity index (χ4v) is 3.76. The number of rotatable bonds is 2. The summed E-state index contributed by atoms with van der Waals surface area (Å²) in [7, 11) is 0. The molecular formula is C16H14N2S2. The van der Waals surface area contributed by atoms with Crippen LogP contribution in [0.4, 0.5) is 0 Å². The minimum atomic E-state index is 0.207. The van der Waals surface area contributed by atoms with Gasteiger partial charge in [0, 0.05) is 0 Å². The van der Waals surface area contributed by atoms with Crippen LogP contribution >= 0.6 is 23.5 Å². The van der Waals surface area contributed by atoms with Gasteiger partial charge in [-0.1, -0.05) is 72.4 Å². The van der Waals surface area contributed by atoms with Crippen molar-refractivity contribution in [2.45, 2.75) is 5.25 Å². The number of hydrogen-bond donors (Lipinski definition) is 0. The summed E-state index contributed by atoms with van der Waals surface area (Å²) in [5, 5.41) is 8.99. The fraction of sp³-hybridized carbons (Fsp3) is 0.125. The van der Waals surface area contributed by atoms with Gasteiger partial charge in [0.05, 0.1) is 11.0 Å². The van der Waals surface area contributed by atoms with Gasteiger partial charge in [0.15, 0.2) is 4.38 Å². The molecule has 1 aliphatic rings. The van der Waals surface area contributed by atoms with Crippen molar-refractivity contribution in [1.29, 1.82) is 0 Å². The van der Waals surface area contributed by atoms with E-state index in [4.69, 9.17) is 0 Å². The van der Waals surface area contributed by atoms with Gasteiger partial charge in [0.25, 0.3) is 0 Å². The molecule has 3 rings (SSSR count). The Bertz CT molecular complexity index is 636. The minimum absolute atomic E-state index is 0.207. The average Bonchev–Trinajstić information content (AvgIpc) is 2.56. The zero-order chi connectivity index (χ0) is 13.8. The normalized spacial score (nSPS) is 18.4. The Morgan fingerprint density at radius 3 is 2.20 bits per heavy atom. The van der Waals surface area contributed by atoms with Crippen LogP contribution in [0.2, 0.25) is 0 Å². The van der Waals surface area contributed by atoms with Gasteiger partial charge in [0.2, 0.25) is 0 Å². The van der Waals surface area contributed by atoms with Crippen LogP contribution in [0.3, 0.4) is 0 Å². The molecule has 1 atom stereocenters. The highest BCUT2D eigenvalue weighted by molar-refractivity contribution is 8.39. The van der Waals surface area contributed by atoms with Crippen LogP contribution in [0, 0.1) is 0 Å². The molecule has 1 aliphatic heterocycles. The van der Waals surface area contributed by atoms with Gasteiger partial charge in [-0.25, -0.2) is 0 Å². The quantitative estimate of drug-likeness (QED) is 0.809. The number of nitrogens with zero attached hydrogens (tertiary/aromatic N) is 2. The first-order valence-electron chi connectivity index (χ1n) is 6.35. The van der Waals surface area contributed by atoms with Gasteiger partial charge in [-0.05, 0) is 17.4 Å². The van der Waals surface area contributed by atoms with Crippen LogP contribution in [0.5, 0.6) is 0 Å². The second-order valence-electron chi connectivity index (χ2n) is 4.33. The predicted molar refractivity (Wildman–Crippen MR) is 90.7 cm³/mol. The van der Waals surface area contributed by atoms with Crippen LogP contribution < -0.4 is 0 Å². The molecular weight excluding hydrogens is 284 g/mol. The predicted octanol–water partition coefficient (Wildman–Crippen LogP) is 4.60. The first kappa shape index (κ1) is 13.5. The lowest BCUT2D eigenvalue weighted by atomic mass is 10.0. The summed E-state index contributed by atoms with van der Waals surface area (Å²) < 4.78 is 1.01. The Labute approximate surface area is 127 Å². The molecule has 2 aromatic carbocycles. The molecule has 2 nitrogen and oxygen atoms in total. The molecule has 0 amide bonds. The summed E-state index contributed by atoms with van der Waals surface area (Å²) in [6, 6.07) is 20.8. The third-order valence-corrected chi connectivity index (χ3v) is 5.29. The van der Waals surface area contributed by atoms with Crippen molar-refractivity contribution in [3.05, 3.63) is 71.8 Å². The maximum absolute atomic E-state index is 4.47. The highest BCUT2D eigenvalue weighted by Crippen LogP contribution is 2.38. The summed E-state index contributed by atoms with van der Waals surface area (Å²) in [5.74, 6) is 0. The van der Waals surface area contributed by atoms with Gasteiger partial charge in [0.1, 0.15) is 0 Å². The molecule has 1 heterocycles. The molecule has 0 aromatic heterocycles. The van der Waals surface area contributed by atoms with E-state index in [1.165, 1.54) is 5.56 Å². The second kappa shape index (κ2) is 6.29. The van der Waals surface area contributed by atoms with Crippen LogP contribution in [0.25, 0.3) is 0 Å². The van der Waals surface area contributed by atoms with Crippen LogP contribution in [-0.4, -0.2) is 16.3 Å². The van der Waals surface area contributed by atoms with E-state index < -0.39 is 0 Å². The highest BCUT2D eigenvalue weighted by atomic mass is 32.2. The lowest BCUT2D eigenvalue weighted by Gasteiger charge is -2.22. The molecule has 0 saturated heterocycles. The maximum Gasteiger partial charge on any atom is 0.153 e. The van der Waals surface area contributed by atoms with Crippen molar-refractivity contribution in [3.63, 3.8) is 0 Å². The highest BCUT2D eigenvalue weighted by Gasteiger charge is 2.25.